The summed E-state index contributed by atoms with van der Waals surface area (Å²) in [5.74, 6) is -1.13. The van der Waals surface area contributed by atoms with E-state index < -0.39 is 16.9 Å². The minimum absolute atomic E-state index is 0.00511. The molecule has 0 radical (unpaired) electrons. The summed E-state index contributed by atoms with van der Waals surface area (Å²) in [4.78, 5) is 39.9. The molecule has 0 saturated heterocycles. The number of hydrogen-bond acceptors (Lipinski definition) is 7. The highest BCUT2D eigenvalue weighted by atomic mass is 79.9. The average Bonchev–Trinajstić information content (AvgIpc) is 3.16. The molecule has 0 unspecified atom stereocenters. The molecule has 3 aromatic carbocycles. The highest BCUT2D eigenvalue weighted by Gasteiger charge is 2.27. The van der Waals surface area contributed by atoms with Crippen LogP contribution < -0.4 is 4.74 Å². The molecule has 0 saturated carbocycles. The van der Waals surface area contributed by atoms with Gasteiger partial charge in [0.1, 0.15) is 0 Å². The van der Waals surface area contributed by atoms with Crippen LogP contribution in [0.5, 0.6) is 5.75 Å². The molecule has 11 heteroatoms. The van der Waals surface area contributed by atoms with E-state index in [-0.39, 0.29) is 33.6 Å². The van der Waals surface area contributed by atoms with E-state index >= 15 is 0 Å². The van der Waals surface area contributed by atoms with E-state index in [1.54, 1.807) is 49.4 Å². The van der Waals surface area contributed by atoms with Gasteiger partial charge >= 0.3 is 11.9 Å². The highest BCUT2D eigenvalue weighted by Crippen LogP contribution is 2.37. The third-order valence-corrected chi connectivity index (χ3v) is 6.47. The molecule has 0 aliphatic carbocycles. The Morgan fingerprint density at radius 1 is 1.14 bits per heavy atom. The lowest BCUT2D eigenvalue weighted by molar-refractivity contribution is -0.385. The van der Waals surface area contributed by atoms with E-state index in [1.807, 2.05) is 0 Å². The van der Waals surface area contributed by atoms with Crippen molar-refractivity contribution in [2.75, 3.05) is 0 Å². The summed E-state index contributed by atoms with van der Waals surface area (Å²) in [7, 11) is 0. The summed E-state index contributed by atoms with van der Waals surface area (Å²) in [5.41, 5.74) is 1.35. The second-order valence-electron chi connectivity index (χ2n) is 7.23. The second kappa shape index (κ2) is 10.1. The molecule has 1 aliphatic rings. The fourth-order valence-electron chi connectivity index (χ4n) is 3.27. The molecular weight excluding hydrogens is 608 g/mol. The largest absolute Gasteiger partial charge is 0.420 e. The van der Waals surface area contributed by atoms with E-state index in [4.69, 9.17) is 21.1 Å². The number of nitrogens with zero attached hydrogens (tertiary/aromatic N) is 2. The van der Waals surface area contributed by atoms with Gasteiger partial charge in [-0.15, -0.1) is 0 Å². The van der Waals surface area contributed by atoms with Crippen LogP contribution in [0.15, 0.2) is 74.2 Å². The number of nitro groups is 1. The molecule has 0 fully saturated rings. The van der Waals surface area contributed by atoms with Gasteiger partial charge in [-0.25, -0.2) is 14.6 Å². The van der Waals surface area contributed by atoms with Crippen molar-refractivity contribution >= 4 is 73.1 Å². The number of carbonyl (C=O) groups excluding carboxylic acids is 2. The number of rotatable bonds is 5. The minimum Gasteiger partial charge on any atom is -0.420 e. The van der Waals surface area contributed by atoms with Crippen molar-refractivity contribution in [1.82, 2.24) is 0 Å². The number of halogens is 3. The number of nitro benzene ring substituents is 1. The first-order chi connectivity index (χ1) is 16.7. The second-order valence-corrected chi connectivity index (χ2v) is 9.34. The lowest BCUT2D eigenvalue weighted by atomic mass is 10.1. The van der Waals surface area contributed by atoms with Gasteiger partial charge in [0.05, 0.1) is 24.5 Å². The van der Waals surface area contributed by atoms with Crippen molar-refractivity contribution in [2.45, 2.75) is 6.92 Å². The molecule has 0 bridgehead atoms. The zero-order chi connectivity index (χ0) is 25.3. The van der Waals surface area contributed by atoms with Crippen molar-refractivity contribution in [2.24, 2.45) is 4.99 Å². The molecule has 1 heterocycles. The summed E-state index contributed by atoms with van der Waals surface area (Å²) in [6, 6.07) is 14.2. The number of ether oxygens (including phenoxy) is 2. The number of cyclic esters (lactones) is 1. The van der Waals surface area contributed by atoms with Crippen molar-refractivity contribution in [3.05, 3.63) is 107 Å². The minimum atomic E-state index is -0.702. The third kappa shape index (κ3) is 5.19. The van der Waals surface area contributed by atoms with E-state index in [2.05, 4.69) is 36.9 Å². The molecule has 4 rings (SSSR count). The van der Waals surface area contributed by atoms with Crippen LogP contribution in [0.3, 0.4) is 0 Å². The topological polar surface area (TPSA) is 108 Å². The van der Waals surface area contributed by atoms with Crippen LogP contribution >= 0.6 is 43.5 Å². The Labute approximate surface area is 220 Å². The van der Waals surface area contributed by atoms with Crippen molar-refractivity contribution in [1.29, 1.82) is 0 Å². The molecule has 1 aliphatic heterocycles. The first kappa shape index (κ1) is 24.8. The summed E-state index contributed by atoms with van der Waals surface area (Å²) >= 11 is 12.8. The van der Waals surface area contributed by atoms with Crippen LogP contribution in [-0.4, -0.2) is 22.8 Å². The van der Waals surface area contributed by atoms with E-state index in [1.165, 1.54) is 18.2 Å². The summed E-state index contributed by atoms with van der Waals surface area (Å²) in [6.45, 7) is 1.56. The molecular formula is C24H13Br2ClN2O6. The summed E-state index contributed by atoms with van der Waals surface area (Å²) in [5, 5.41) is 11.5. The van der Waals surface area contributed by atoms with E-state index in [0.717, 1.165) is 0 Å². The predicted octanol–water partition coefficient (Wildman–Crippen LogP) is 6.65. The molecule has 0 spiro atoms. The normalized spacial score (nSPS) is 14.0. The van der Waals surface area contributed by atoms with Gasteiger partial charge in [0.15, 0.2) is 11.4 Å². The van der Waals surface area contributed by atoms with Gasteiger partial charge < -0.3 is 9.47 Å². The van der Waals surface area contributed by atoms with Crippen LogP contribution in [0.2, 0.25) is 5.02 Å². The van der Waals surface area contributed by atoms with Crippen LogP contribution in [0.25, 0.3) is 6.08 Å². The Morgan fingerprint density at radius 3 is 2.49 bits per heavy atom. The van der Waals surface area contributed by atoms with Gasteiger partial charge in [0.25, 0.3) is 5.69 Å². The fraction of sp³-hybridized carbons (Fsp3) is 0.0417. The number of benzene rings is 3. The summed E-state index contributed by atoms with van der Waals surface area (Å²) < 4.78 is 11.6. The zero-order valence-corrected chi connectivity index (χ0v) is 21.7. The van der Waals surface area contributed by atoms with Gasteiger partial charge in [-0.3, -0.25) is 10.1 Å². The maximum atomic E-state index is 12.5. The monoisotopic (exact) mass is 618 g/mol. The number of hydrogen-bond donors (Lipinski definition) is 0. The van der Waals surface area contributed by atoms with E-state index in [9.17, 15) is 19.7 Å². The lowest BCUT2D eigenvalue weighted by Crippen LogP contribution is -2.10. The quantitative estimate of drug-likeness (QED) is 0.104. The van der Waals surface area contributed by atoms with Crippen molar-refractivity contribution in [3.8, 4) is 5.75 Å². The van der Waals surface area contributed by atoms with Crippen LogP contribution in [0.4, 0.5) is 5.69 Å². The van der Waals surface area contributed by atoms with Crippen molar-refractivity contribution in [3.63, 3.8) is 0 Å². The molecule has 0 N–H and O–H groups in total. The Kier molecular flexibility index (Phi) is 7.15. The van der Waals surface area contributed by atoms with Crippen LogP contribution in [0.1, 0.15) is 27.0 Å². The molecule has 8 nitrogen and oxygen atoms in total. The molecule has 176 valence electrons. The van der Waals surface area contributed by atoms with Gasteiger partial charge in [-0.2, -0.15) is 0 Å². The van der Waals surface area contributed by atoms with Gasteiger partial charge in [-0.1, -0.05) is 29.8 Å². The van der Waals surface area contributed by atoms with E-state index in [0.29, 0.717) is 25.6 Å². The van der Waals surface area contributed by atoms with Crippen LogP contribution in [-0.2, 0) is 9.53 Å². The number of esters is 2. The smallest absolute Gasteiger partial charge is 0.363 e. The maximum Gasteiger partial charge on any atom is 0.363 e. The fourth-order valence-corrected chi connectivity index (χ4v) is 4.87. The number of carbonyl (C=O) groups is 2. The average molecular weight is 621 g/mol. The molecule has 0 amide bonds. The predicted molar refractivity (Wildman–Crippen MR) is 137 cm³/mol. The summed E-state index contributed by atoms with van der Waals surface area (Å²) in [6.07, 6.45) is 1.48. The molecule has 0 aromatic heterocycles. The highest BCUT2D eigenvalue weighted by molar-refractivity contribution is 9.11. The Balaban J connectivity index is 1.63. The molecule has 0 atom stereocenters. The first-order valence-corrected chi connectivity index (χ1v) is 11.8. The Bertz CT molecular complexity index is 1450. The standard InChI is InChI=1S/C24H13Br2ClN2O6/c1-12-14(6-4-8-20(12)29(32)33)22-28-19(24(31)35-22)11-13-9-16(25)21(17(26)10-13)34-23(30)15-5-2-3-7-18(15)27/h2-11H,1H3/b19-11-. The molecule has 35 heavy (non-hydrogen) atoms. The number of aliphatic imine (C=N–C) groups is 1. The third-order valence-electron chi connectivity index (χ3n) is 4.97. The van der Waals surface area contributed by atoms with Gasteiger partial charge in [0.2, 0.25) is 5.90 Å². The SMILES string of the molecule is Cc1c(C2=N/C(=C\c3cc(Br)c(OC(=O)c4ccccc4Cl)c(Br)c3)C(=O)O2)cccc1[N+](=O)[O-]. The van der Waals surface area contributed by atoms with Crippen molar-refractivity contribution < 1.29 is 24.0 Å². The Morgan fingerprint density at radius 2 is 1.83 bits per heavy atom. The maximum absolute atomic E-state index is 12.5. The molecule has 3 aromatic rings. The Hall–Kier alpha value is -3.34. The van der Waals surface area contributed by atoms with Gasteiger partial charge in [-0.05, 0) is 80.8 Å². The zero-order valence-electron chi connectivity index (χ0n) is 17.8. The first-order valence-electron chi connectivity index (χ1n) is 9.88. The lowest BCUT2D eigenvalue weighted by Gasteiger charge is -2.10. The van der Waals surface area contributed by atoms with Crippen LogP contribution in [0, 0.1) is 17.0 Å². The van der Waals surface area contributed by atoms with Gasteiger partial charge in [0, 0.05) is 17.2 Å².